The molecule has 0 saturated heterocycles. The maximum atomic E-state index is 5.37. The third-order valence-corrected chi connectivity index (χ3v) is 4.42. The molecule has 1 aliphatic rings. The smallest absolute Gasteiger partial charge is 0.203 e. The van der Waals surface area contributed by atoms with Crippen LogP contribution in [0.1, 0.15) is 32.3 Å². The zero-order valence-corrected chi connectivity index (χ0v) is 13.1. The molecule has 20 heavy (non-hydrogen) atoms. The van der Waals surface area contributed by atoms with E-state index in [2.05, 4.69) is 19.2 Å². The molecule has 2 rings (SSSR count). The summed E-state index contributed by atoms with van der Waals surface area (Å²) in [6.07, 6.45) is 2.63. The zero-order valence-electron chi connectivity index (χ0n) is 13.1. The van der Waals surface area contributed by atoms with Gasteiger partial charge in [-0.05, 0) is 42.9 Å². The molecule has 1 N–H and O–H groups in total. The van der Waals surface area contributed by atoms with Crippen LogP contribution in [-0.2, 0) is 6.54 Å². The fourth-order valence-corrected chi connectivity index (χ4v) is 2.38. The van der Waals surface area contributed by atoms with Crippen LogP contribution in [0.15, 0.2) is 12.1 Å². The highest BCUT2D eigenvalue weighted by Gasteiger charge is 2.42. The standard InChI is InChI=1S/C16H25NO3/c1-11(16(2)6-7-16)17-10-12-8-13(18-3)15(20-5)14(9-12)19-4/h8-9,11,17H,6-7,10H2,1-5H3. The Morgan fingerprint density at radius 2 is 1.65 bits per heavy atom. The lowest BCUT2D eigenvalue weighted by Crippen LogP contribution is -2.32. The van der Waals surface area contributed by atoms with Crippen LogP contribution in [0.25, 0.3) is 0 Å². The SMILES string of the molecule is COc1cc(CNC(C)C2(C)CC2)cc(OC)c1OC. The van der Waals surface area contributed by atoms with Gasteiger partial charge >= 0.3 is 0 Å². The van der Waals surface area contributed by atoms with Crippen LogP contribution in [0.3, 0.4) is 0 Å². The van der Waals surface area contributed by atoms with Crippen molar-refractivity contribution in [1.29, 1.82) is 0 Å². The monoisotopic (exact) mass is 279 g/mol. The Labute approximate surface area is 121 Å². The summed E-state index contributed by atoms with van der Waals surface area (Å²) in [4.78, 5) is 0. The van der Waals surface area contributed by atoms with Crippen molar-refractivity contribution >= 4 is 0 Å². The Hall–Kier alpha value is -1.42. The van der Waals surface area contributed by atoms with Crippen LogP contribution in [0, 0.1) is 5.41 Å². The molecule has 0 aromatic heterocycles. The molecule has 1 atom stereocenters. The molecule has 1 unspecified atom stereocenters. The second-order valence-electron chi connectivity index (χ2n) is 5.79. The molecule has 0 aliphatic heterocycles. The van der Waals surface area contributed by atoms with Crippen molar-refractivity contribution in [2.24, 2.45) is 5.41 Å². The molecule has 1 saturated carbocycles. The van der Waals surface area contributed by atoms with Crippen LogP contribution in [-0.4, -0.2) is 27.4 Å². The van der Waals surface area contributed by atoms with Crippen LogP contribution in [0.2, 0.25) is 0 Å². The Bertz CT molecular complexity index is 444. The lowest BCUT2D eigenvalue weighted by atomic mass is 10.0. The first-order valence-corrected chi connectivity index (χ1v) is 7.06. The van der Waals surface area contributed by atoms with Gasteiger partial charge in [0.2, 0.25) is 5.75 Å². The molecule has 0 amide bonds. The van der Waals surface area contributed by atoms with E-state index in [1.807, 2.05) is 12.1 Å². The fraction of sp³-hybridized carbons (Fsp3) is 0.625. The summed E-state index contributed by atoms with van der Waals surface area (Å²) < 4.78 is 16.1. The van der Waals surface area contributed by atoms with Gasteiger partial charge in [-0.15, -0.1) is 0 Å². The minimum atomic E-state index is 0.473. The molecule has 1 aromatic rings. The lowest BCUT2D eigenvalue weighted by Gasteiger charge is -2.21. The maximum Gasteiger partial charge on any atom is 0.203 e. The van der Waals surface area contributed by atoms with E-state index in [9.17, 15) is 0 Å². The second kappa shape index (κ2) is 5.92. The van der Waals surface area contributed by atoms with Gasteiger partial charge in [-0.2, -0.15) is 0 Å². The lowest BCUT2D eigenvalue weighted by molar-refractivity contribution is 0.323. The predicted molar refractivity (Wildman–Crippen MR) is 79.7 cm³/mol. The average Bonchev–Trinajstić information content (AvgIpc) is 3.22. The van der Waals surface area contributed by atoms with E-state index in [-0.39, 0.29) is 0 Å². The van der Waals surface area contributed by atoms with Crippen LogP contribution < -0.4 is 19.5 Å². The number of ether oxygens (including phenoxy) is 3. The van der Waals surface area contributed by atoms with Crippen molar-refractivity contribution in [2.75, 3.05) is 21.3 Å². The highest BCUT2D eigenvalue weighted by Crippen LogP contribution is 2.48. The van der Waals surface area contributed by atoms with Crippen molar-refractivity contribution in [3.63, 3.8) is 0 Å². The van der Waals surface area contributed by atoms with Crippen molar-refractivity contribution in [3.05, 3.63) is 17.7 Å². The summed E-state index contributed by atoms with van der Waals surface area (Å²) in [7, 11) is 4.90. The third-order valence-electron chi connectivity index (χ3n) is 4.42. The Kier molecular flexibility index (Phi) is 4.43. The first-order valence-electron chi connectivity index (χ1n) is 7.06. The minimum Gasteiger partial charge on any atom is -0.493 e. The summed E-state index contributed by atoms with van der Waals surface area (Å²) in [5.74, 6) is 2.05. The third kappa shape index (κ3) is 3.01. The van der Waals surface area contributed by atoms with Crippen LogP contribution >= 0.6 is 0 Å². The van der Waals surface area contributed by atoms with Crippen LogP contribution in [0.4, 0.5) is 0 Å². The van der Waals surface area contributed by atoms with E-state index < -0.39 is 0 Å². The summed E-state index contributed by atoms with van der Waals surface area (Å²) in [5, 5.41) is 3.59. The normalized spacial score (nSPS) is 17.4. The summed E-state index contributed by atoms with van der Waals surface area (Å²) >= 11 is 0. The first-order chi connectivity index (χ1) is 9.54. The minimum absolute atomic E-state index is 0.473. The number of nitrogens with one attached hydrogen (secondary N) is 1. The van der Waals surface area contributed by atoms with E-state index in [0.29, 0.717) is 28.7 Å². The molecule has 0 bridgehead atoms. The largest absolute Gasteiger partial charge is 0.493 e. The molecule has 0 radical (unpaired) electrons. The van der Waals surface area contributed by atoms with Crippen LogP contribution in [0.5, 0.6) is 17.2 Å². The topological polar surface area (TPSA) is 39.7 Å². The molecule has 112 valence electrons. The van der Waals surface area contributed by atoms with Gasteiger partial charge in [-0.1, -0.05) is 6.92 Å². The Balaban J connectivity index is 2.11. The highest BCUT2D eigenvalue weighted by molar-refractivity contribution is 5.53. The zero-order chi connectivity index (χ0) is 14.8. The van der Waals surface area contributed by atoms with E-state index in [1.165, 1.54) is 12.8 Å². The second-order valence-corrected chi connectivity index (χ2v) is 5.79. The van der Waals surface area contributed by atoms with Gasteiger partial charge in [0.15, 0.2) is 11.5 Å². The van der Waals surface area contributed by atoms with E-state index in [0.717, 1.165) is 12.1 Å². The van der Waals surface area contributed by atoms with Crippen molar-refractivity contribution < 1.29 is 14.2 Å². The molecule has 1 aromatic carbocycles. The van der Waals surface area contributed by atoms with Gasteiger partial charge < -0.3 is 19.5 Å². The molecule has 4 heteroatoms. The number of benzene rings is 1. The van der Waals surface area contributed by atoms with E-state index in [1.54, 1.807) is 21.3 Å². The quantitative estimate of drug-likeness (QED) is 0.833. The molecular weight excluding hydrogens is 254 g/mol. The molecule has 1 fully saturated rings. The molecule has 0 heterocycles. The summed E-state index contributed by atoms with van der Waals surface area (Å²) in [5.41, 5.74) is 1.61. The van der Waals surface area contributed by atoms with Gasteiger partial charge in [0.1, 0.15) is 0 Å². The number of hydrogen-bond acceptors (Lipinski definition) is 4. The Morgan fingerprint density at radius 3 is 2.05 bits per heavy atom. The fourth-order valence-electron chi connectivity index (χ4n) is 2.38. The van der Waals surface area contributed by atoms with Crippen molar-refractivity contribution in [3.8, 4) is 17.2 Å². The van der Waals surface area contributed by atoms with Crippen molar-refractivity contribution in [2.45, 2.75) is 39.3 Å². The Morgan fingerprint density at radius 1 is 1.10 bits per heavy atom. The van der Waals surface area contributed by atoms with Gasteiger partial charge in [0, 0.05) is 12.6 Å². The molecule has 1 aliphatic carbocycles. The molecular formula is C16H25NO3. The van der Waals surface area contributed by atoms with Gasteiger partial charge in [-0.25, -0.2) is 0 Å². The predicted octanol–water partition coefficient (Wildman–Crippen LogP) is 2.99. The number of methoxy groups -OCH3 is 3. The van der Waals surface area contributed by atoms with Gasteiger partial charge in [0.05, 0.1) is 21.3 Å². The van der Waals surface area contributed by atoms with Gasteiger partial charge in [0.25, 0.3) is 0 Å². The maximum absolute atomic E-state index is 5.37. The first kappa shape index (κ1) is 15.0. The van der Waals surface area contributed by atoms with E-state index in [4.69, 9.17) is 14.2 Å². The van der Waals surface area contributed by atoms with Gasteiger partial charge in [-0.3, -0.25) is 0 Å². The summed E-state index contributed by atoms with van der Waals surface area (Å²) in [6, 6.07) is 4.51. The molecule has 4 nitrogen and oxygen atoms in total. The summed E-state index contributed by atoms with van der Waals surface area (Å²) in [6.45, 7) is 5.39. The molecule has 0 spiro atoms. The average molecular weight is 279 g/mol. The number of rotatable bonds is 7. The number of hydrogen-bond donors (Lipinski definition) is 1. The van der Waals surface area contributed by atoms with E-state index >= 15 is 0 Å². The highest BCUT2D eigenvalue weighted by atomic mass is 16.5. The van der Waals surface area contributed by atoms with Crippen molar-refractivity contribution in [1.82, 2.24) is 5.32 Å².